The molecule has 0 saturated carbocycles. The third kappa shape index (κ3) is 4.98. The van der Waals surface area contributed by atoms with Crippen molar-refractivity contribution in [2.75, 3.05) is 9.44 Å². The summed E-state index contributed by atoms with van der Waals surface area (Å²) in [5.74, 6) is 0. The molecule has 0 fully saturated rings. The molecule has 0 atom stereocenters. The number of anilines is 2. The van der Waals surface area contributed by atoms with Crippen molar-refractivity contribution in [3.05, 3.63) is 82.3 Å². The largest absolute Gasteiger partial charge is 0.280 e. The average Bonchev–Trinajstić information content (AvgIpc) is 2.65. The van der Waals surface area contributed by atoms with Crippen LogP contribution in [0.1, 0.15) is 11.1 Å². The van der Waals surface area contributed by atoms with E-state index in [1.807, 2.05) is 32.0 Å². The second-order valence-electron chi connectivity index (χ2n) is 6.46. The SMILES string of the molecule is Cc1cccc(C)c1NS(=O)(=O)c1ccc(NS(=O)(=O)c2ccc(Br)cc2)cc1. The number of hydrogen-bond donors (Lipinski definition) is 2. The predicted octanol–water partition coefficient (Wildman–Crippen LogP) is 4.67. The first-order valence-electron chi connectivity index (χ1n) is 8.56. The molecule has 0 aliphatic carbocycles. The first-order chi connectivity index (χ1) is 13.6. The summed E-state index contributed by atoms with van der Waals surface area (Å²) in [6.45, 7) is 3.65. The fourth-order valence-corrected chi connectivity index (χ4v) is 5.22. The number of rotatable bonds is 6. The highest BCUT2D eigenvalue weighted by atomic mass is 79.9. The van der Waals surface area contributed by atoms with Crippen LogP contribution in [0, 0.1) is 13.8 Å². The number of hydrogen-bond acceptors (Lipinski definition) is 4. The van der Waals surface area contributed by atoms with Gasteiger partial charge in [-0.3, -0.25) is 9.44 Å². The smallest absolute Gasteiger partial charge is 0.261 e. The van der Waals surface area contributed by atoms with Crippen molar-refractivity contribution in [2.45, 2.75) is 23.6 Å². The number of halogens is 1. The monoisotopic (exact) mass is 494 g/mol. The molecule has 0 aromatic heterocycles. The van der Waals surface area contributed by atoms with Gasteiger partial charge >= 0.3 is 0 Å². The number of benzene rings is 3. The van der Waals surface area contributed by atoms with E-state index >= 15 is 0 Å². The second kappa shape index (κ2) is 8.17. The van der Waals surface area contributed by atoms with E-state index in [0.717, 1.165) is 15.6 Å². The van der Waals surface area contributed by atoms with E-state index in [-0.39, 0.29) is 15.5 Å². The van der Waals surface area contributed by atoms with Crippen LogP contribution >= 0.6 is 15.9 Å². The molecule has 2 N–H and O–H groups in total. The van der Waals surface area contributed by atoms with Gasteiger partial charge in [-0.1, -0.05) is 34.1 Å². The fourth-order valence-electron chi connectivity index (χ4n) is 2.70. The van der Waals surface area contributed by atoms with E-state index in [0.29, 0.717) is 5.69 Å². The molecule has 0 spiro atoms. The second-order valence-corrected chi connectivity index (χ2v) is 10.7. The van der Waals surface area contributed by atoms with E-state index in [1.54, 1.807) is 12.1 Å². The van der Waals surface area contributed by atoms with Crippen LogP contribution < -0.4 is 9.44 Å². The molecular weight excluding hydrogens is 476 g/mol. The van der Waals surface area contributed by atoms with Crippen molar-refractivity contribution in [3.8, 4) is 0 Å². The molecule has 0 aliphatic heterocycles. The molecule has 0 amide bonds. The Hall–Kier alpha value is -2.36. The molecule has 152 valence electrons. The van der Waals surface area contributed by atoms with Gasteiger partial charge in [0.05, 0.1) is 15.5 Å². The Kier molecular flexibility index (Phi) is 6.02. The number of para-hydroxylation sites is 1. The molecule has 6 nitrogen and oxygen atoms in total. The minimum atomic E-state index is -3.81. The topological polar surface area (TPSA) is 92.3 Å². The number of aryl methyl sites for hydroxylation is 2. The van der Waals surface area contributed by atoms with E-state index < -0.39 is 20.0 Å². The molecule has 0 saturated heterocycles. The Balaban J connectivity index is 1.81. The summed E-state index contributed by atoms with van der Waals surface area (Å²) in [7, 11) is -7.58. The average molecular weight is 495 g/mol. The maximum Gasteiger partial charge on any atom is 0.261 e. The van der Waals surface area contributed by atoms with Crippen molar-refractivity contribution in [1.29, 1.82) is 0 Å². The van der Waals surface area contributed by atoms with E-state index in [2.05, 4.69) is 25.4 Å². The maximum absolute atomic E-state index is 12.7. The van der Waals surface area contributed by atoms with Crippen molar-refractivity contribution in [3.63, 3.8) is 0 Å². The van der Waals surface area contributed by atoms with Crippen LogP contribution in [0.25, 0.3) is 0 Å². The van der Waals surface area contributed by atoms with Crippen LogP contribution in [-0.2, 0) is 20.0 Å². The summed E-state index contributed by atoms with van der Waals surface area (Å²) in [6, 6.07) is 17.2. The standard InChI is InChI=1S/C20H19BrN2O4S2/c1-14-4-3-5-15(2)20(14)23-29(26,27)19-12-8-17(9-13-19)22-28(24,25)18-10-6-16(21)7-11-18/h3-13,22-23H,1-2H3. The van der Waals surface area contributed by atoms with E-state index in [4.69, 9.17) is 0 Å². The van der Waals surface area contributed by atoms with Gasteiger partial charge in [-0.15, -0.1) is 0 Å². The van der Waals surface area contributed by atoms with Crippen LogP contribution in [0.15, 0.2) is 81.0 Å². The van der Waals surface area contributed by atoms with Gasteiger partial charge in [0, 0.05) is 10.2 Å². The molecule has 0 bridgehead atoms. The van der Waals surface area contributed by atoms with Gasteiger partial charge in [0.1, 0.15) is 0 Å². The number of sulfonamides is 2. The summed E-state index contributed by atoms with van der Waals surface area (Å²) >= 11 is 3.26. The van der Waals surface area contributed by atoms with Crippen LogP contribution in [-0.4, -0.2) is 16.8 Å². The fraction of sp³-hybridized carbons (Fsp3) is 0.100. The molecule has 0 unspecified atom stereocenters. The highest BCUT2D eigenvalue weighted by Crippen LogP contribution is 2.25. The molecule has 0 radical (unpaired) electrons. The lowest BCUT2D eigenvalue weighted by Crippen LogP contribution is -2.15. The molecule has 3 aromatic carbocycles. The quantitative estimate of drug-likeness (QED) is 0.520. The summed E-state index contributed by atoms with van der Waals surface area (Å²) in [6.07, 6.45) is 0. The van der Waals surface area contributed by atoms with Crippen molar-refractivity contribution >= 4 is 47.4 Å². The Morgan fingerprint density at radius 2 is 1.10 bits per heavy atom. The minimum Gasteiger partial charge on any atom is -0.280 e. The van der Waals surface area contributed by atoms with Crippen molar-refractivity contribution in [2.24, 2.45) is 0 Å². The van der Waals surface area contributed by atoms with E-state index in [1.165, 1.54) is 36.4 Å². The van der Waals surface area contributed by atoms with Gasteiger partial charge in [0.2, 0.25) is 0 Å². The number of nitrogens with one attached hydrogen (secondary N) is 2. The summed E-state index contributed by atoms with van der Waals surface area (Å²) in [5.41, 5.74) is 2.42. The van der Waals surface area contributed by atoms with Crippen LogP contribution in [0.3, 0.4) is 0 Å². The highest BCUT2D eigenvalue weighted by Gasteiger charge is 2.18. The maximum atomic E-state index is 12.7. The van der Waals surface area contributed by atoms with E-state index in [9.17, 15) is 16.8 Å². The molecule has 3 aromatic rings. The third-order valence-corrected chi connectivity index (χ3v) is 7.55. The highest BCUT2D eigenvalue weighted by molar-refractivity contribution is 9.10. The summed E-state index contributed by atoms with van der Waals surface area (Å²) < 4.78 is 56.1. The molecule has 0 heterocycles. The summed E-state index contributed by atoms with van der Waals surface area (Å²) in [5, 5.41) is 0. The molecule has 29 heavy (non-hydrogen) atoms. The predicted molar refractivity (Wildman–Crippen MR) is 118 cm³/mol. The van der Waals surface area contributed by atoms with Gasteiger partial charge < -0.3 is 0 Å². The lowest BCUT2D eigenvalue weighted by molar-refractivity contribution is 0.600. The summed E-state index contributed by atoms with van der Waals surface area (Å²) in [4.78, 5) is 0.140. The molecular formula is C20H19BrN2O4S2. The molecule has 3 rings (SSSR count). The minimum absolute atomic E-state index is 0.0340. The Morgan fingerprint density at radius 3 is 1.62 bits per heavy atom. The van der Waals surface area contributed by atoms with Gasteiger partial charge in [-0.05, 0) is 73.5 Å². The zero-order chi connectivity index (χ0) is 21.2. The van der Waals surface area contributed by atoms with Crippen molar-refractivity contribution < 1.29 is 16.8 Å². The lowest BCUT2D eigenvalue weighted by Gasteiger charge is -2.14. The van der Waals surface area contributed by atoms with Crippen molar-refractivity contribution in [1.82, 2.24) is 0 Å². The zero-order valence-electron chi connectivity index (χ0n) is 15.7. The first kappa shape index (κ1) is 21.4. The van der Waals surface area contributed by atoms with Gasteiger partial charge in [-0.2, -0.15) is 0 Å². The van der Waals surface area contributed by atoms with Crippen LogP contribution in [0.2, 0.25) is 0 Å². The van der Waals surface area contributed by atoms with Crippen LogP contribution in [0.5, 0.6) is 0 Å². The zero-order valence-corrected chi connectivity index (χ0v) is 18.9. The first-order valence-corrected chi connectivity index (χ1v) is 12.3. The Bertz CT molecular complexity index is 1220. The lowest BCUT2D eigenvalue weighted by atomic mass is 10.1. The Morgan fingerprint density at radius 1 is 0.655 bits per heavy atom. The van der Waals surface area contributed by atoms with Gasteiger partial charge in [-0.25, -0.2) is 16.8 Å². The normalized spacial score (nSPS) is 11.8. The van der Waals surface area contributed by atoms with Gasteiger partial charge in [0.15, 0.2) is 0 Å². The molecule has 9 heteroatoms. The van der Waals surface area contributed by atoms with Crippen LogP contribution in [0.4, 0.5) is 11.4 Å². The molecule has 0 aliphatic rings. The third-order valence-electron chi connectivity index (χ3n) is 4.26. The van der Waals surface area contributed by atoms with Gasteiger partial charge in [0.25, 0.3) is 20.0 Å². The Labute approximate surface area is 179 Å².